The van der Waals surface area contributed by atoms with Crippen LogP contribution in [-0.2, 0) is 4.79 Å². The topological polar surface area (TPSA) is 98.0 Å². The summed E-state index contributed by atoms with van der Waals surface area (Å²) >= 11 is 2.40. The maximum Gasteiger partial charge on any atom is 0.257 e. The summed E-state index contributed by atoms with van der Waals surface area (Å²) in [5, 5.41) is 10.8. The maximum atomic E-state index is 12.1. The highest BCUT2D eigenvalue weighted by Crippen LogP contribution is 2.25. The number of benzene rings is 1. The molecule has 0 saturated carbocycles. The number of amides is 2. The number of aryl methyl sites for hydroxylation is 2. The molecule has 0 atom stereocenters. The largest absolute Gasteiger partial charge is 0.369 e. The van der Waals surface area contributed by atoms with Gasteiger partial charge in [0.2, 0.25) is 11.0 Å². The van der Waals surface area contributed by atoms with Crippen molar-refractivity contribution >= 4 is 40.0 Å². The summed E-state index contributed by atoms with van der Waals surface area (Å²) < 4.78 is 0.587. The van der Waals surface area contributed by atoms with Crippen LogP contribution in [0.4, 0.5) is 5.13 Å². The molecule has 21 heavy (non-hydrogen) atoms. The Hall–Kier alpha value is -1.93. The number of anilines is 1. The lowest BCUT2D eigenvalue weighted by atomic mass is 10.1. The zero-order valence-corrected chi connectivity index (χ0v) is 13.2. The Balaban J connectivity index is 2.02. The van der Waals surface area contributed by atoms with Crippen molar-refractivity contribution in [3.05, 3.63) is 34.9 Å². The van der Waals surface area contributed by atoms with Crippen LogP contribution in [0.5, 0.6) is 0 Å². The number of carbonyl (C=O) groups excluding carboxylic acids is 2. The minimum absolute atomic E-state index is 0.139. The molecule has 0 spiro atoms. The van der Waals surface area contributed by atoms with Crippen LogP contribution in [0.25, 0.3) is 0 Å². The number of nitrogens with one attached hydrogen (secondary N) is 1. The monoisotopic (exact) mass is 322 g/mol. The summed E-state index contributed by atoms with van der Waals surface area (Å²) in [5.41, 5.74) is 7.81. The van der Waals surface area contributed by atoms with E-state index >= 15 is 0 Å². The molecular formula is C13H14N4O2S2. The number of hydrogen-bond donors (Lipinski definition) is 2. The maximum absolute atomic E-state index is 12.1. The lowest BCUT2D eigenvalue weighted by Crippen LogP contribution is -2.12. The summed E-state index contributed by atoms with van der Waals surface area (Å²) in [6, 6.07) is 5.49. The van der Waals surface area contributed by atoms with E-state index < -0.39 is 5.91 Å². The summed E-state index contributed by atoms with van der Waals surface area (Å²) in [4.78, 5) is 22.8. The smallest absolute Gasteiger partial charge is 0.257 e. The zero-order chi connectivity index (χ0) is 15.4. The Bertz CT molecular complexity index is 685. The molecule has 1 heterocycles. The number of hydrogen-bond acceptors (Lipinski definition) is 6. The zero-order valence-electron chi connectivity index (χ0n) is 11.5. The molecule has 6 nitrogen and oxygen atoms in total. The predicted molar refractivity (Wildman–Crippen MR) is 83.7 cm³/mol. The first-order valence-corrected chi connectivity index (χ1v) is 7.89. The van der Waals surface area contributed by atoms with Gasteiger partial charge in [-0.25, -0.2) is 0 Å². The third kappa shape index (κ3) is 4.27. The van der Waals surface area contributed by atoms with Gasteiger partial charge in [0.15, 0.2) is 4.34 Å². The molecule has 2 rings (SSSR count). The van der Waals surface area contributed by atoms with Gasteiger partial charge in [-0.3, -0.25) is 14.9 Å². The third-order valence-electron chi connectivity index (χ3n) is 2.73. The molecular weight excluding hydrogens is 308 g/mol. The number of nitrogens with two attached hydrogens (primary N) is 1. The van der Waals surface area contributed by atoms with Crippen LogP contribution < -0.4 is 11.1 Å². The second-order valence-corrected chi connectivity index (χ2v) is 6.58. The Morgan fingerprint density at radius 3 is 2.71 bits per heavy atom. The van der Waals surface area contributed by atoms with E-state index in [0.29, 0.717) is 15.0 Å². The van der Waals surface area contributed by atoms with Gasteiger partial charge < -0.3 is 5.73 Å². The van der Waals surface area contributed by atoms with E-state index in [1.165, 1.54) is 23.1 Å². The lowest BCUT2D eigenvalue weighted by molar-refractivity contribution is -0.115. The predicted octanol–water partition coefficient (Wildman–Crippen LogP) is 1.98. The van der Waals surface area contributed by atoms with Gasteiger partial charge in [-0.05, 0) is 37.1 Å². The van der Waals surface area contributed by atoms with Crippen LogP contribution in [0.3, 0.4) is 0 Å². The SMILES string of the molecule is Cc1ccc(C(=O)Nc2nnc(SCC(N)=O)s2)cc1C. The fourth-order valence-corrected chi connectivity index (χ4v) is 2.99. The molecule has 2 aromatic rings. The number of thioether (sulfide) groups is 1. The highest BCUT2D eigenvalue weighted by Gasteiger charge is 2.11. The standard InChI is InChI=1S/C13H14N4O2S2/c1-7-3-4-9(5-8(7)2)11(19)15-12-16-17-13(21-12)20-6-10(14)18/h3-5H,6H2,1-2H3,(H2,14,18)(H,15,16,19). The third-order valence-corrected chi connectivity index (χ3v) is 4.73. The van der Waals surface area contributed by atoms with E-state index in [4.69, 9.17) is 5.73 Å². The summed E-state index contributed by atoms with van der Waals surface area (Å²) in [6.45, 7) is 3.94. The van der Waals surface area contributed by atoms with Gasteiger partial charge in [0.05, 0.1) is 5.75 Å². The van der Waals surface area contributed by atoms with Gasteiger partial charge in [0.25, 0.3) is 5.91 Å². The van der Waals surface area contributed by atoms with E-state index in [1.54, 1.807) is 6.07 Å². The first kappa shape index (κ1) is 15.5. The molecule has 0 bridgehead atoms. The van der Waals surface area contributed by atoms with Crippen molar-refractivity contribution in [1.82, 2.24) is 10.2 Å². The number of primary amides is 1. The summed E-state index contributed by atoms with van der Waals surface area (Å²) in [5.74, 6) is -0.517. The second-order valence-electron chi connectivity index (χ2n) is 4.38. The van der Waals surface area contributed by atoms with Crippen molar-refractivity contribution in [2.45, 2.75) is 18.2 Å². The highest BCUT2D eigenvalue weighted by molar-refractivity contribution is 8.01. The van der Waals surface area contributed by atoms with Gasteiger partial charge in [0, 0.05) is 5.56 Å². The minimum atomic E-state index is -0.420. The molecule has 0 aliphatic carbocycles. The van der Waals surface area contributed by atoms with Crippen molar-refractivity contribution < 1.29 is 9.59 Å². The minimum Gasteiger partial charge on any atom is -0.369 e. The molecule has 8 heteroatoms. The van der Waals surface area contributed by atoms with E-state index in [1.807, 2.05) is 26.0 Å². The highest BCUT2D eigenvalue weighted by atomic mass is 32.2. The lowest BCUT2D eigenvalue weighted by Gasteiger charge is -2.04. The van der Waals surface area contributed by atoms with Crippen LogP contribution >= 0.6 is 23.1 Å². The Morgan fingerprint density at radius 1 is 1.29 bits per heavy atom. The van der Waals surface area contributed by atoms with E-state index in [9.17, 15) is 9.59 Å². The number of rotatable bonds is 5. The molecule has 0 fully saturated rings. The number of aromatic nitrogens is 2. The van der Waals surface area contributed by atoms with Gasteiger partial charge in [0.1, 0.15) is 0 Å². The molecule has 1 aromatic heterocycles. The molecule has 0 radical (unpaired) electrons. The van der Waals surface area contributed by atoms with Crippen molar-refractivity contribution in [1.29, 1.82) is 0 Å². The molecule has 1 aromatic carbocycles. The fraction of sp³-hybridized carbons (Fsp3) is 0.231. The average Bonchev–Trinajstić information content (AvgIpc) is 2.87. The van der Waals surface area contributed by atoms with Gasteiger partial charge >= 0.3 is 0 Å². The quantitative estimate of drug-likeness (QED) is 0.648. The van der Waals surface area contributed by atoms with E-state index in [2.05, 4.69) is 15.5 Å². The molecule has 2 amide bonds. The van der Waals surface area contributed by atoms with Gasteiger partial charge in [-0.15, -0.1) is 10.2 Å². The number of carbonyl (C=O) groups is 2. The Morgan fingerprint density at radius 2 is 2.05 bits per heavy atom. The van der Waals surface area contributed by atoms with Crippen LogP contribution in [0.2, 0.25) is 0 Å². The van der Waals surface area contributed by atoms with Crippen molar-refractivity contribution in [3.63, 3.8) is 0 Å². The normalized spacial score (nSPS) is 10.4. The molecule has 0 unspecified atom stereocenters. The fourth-order valence-electron chi connectivity index (χ4n) is 1.50. The van der Waals surface area contributed by atoms with E-state index in [-0.39, 0.29) is 11.7 Å². The Kier molecular flexibility index (Phi) is 4.92. The van der Waals surface area contributed by atoms with Gasteiger partial charge in [-0.2, -0.15) is 0 Å². The summed E-state index contributed by atoms with van der Waals surface area (Å²) in [7, 11) is 0. The molecule has 0 aliphatic rings. The number of nitrogens with zero attached hydrogens (tertiary/aromatic N) is 2. The van der Waals surface area contributed by atoms with Crippen molar-refractivity contribution in [3.8, 4) is 0 Å². The van der Waals surface area contributed by atoms with Crippen LogP contribution in [0.15, 0.2) is 22.5 Å². The van der Waals surface area contributed by atoms with Crippen molar-refractivity contribution in [2.24, 2.45) is 5.73 Å². The van der Waals surface area contributed by atoms with Crippen molar-refractivity contribution in [2.75, 3.05) is 11.1 Å². The molecule has 3 N–H and O–H groups in total. The average molecular weight is 322 g/mol. The second kappa shape index (κ2) is 6.68. The summed E-state index contributed by atoms with van der Waals surface area (Å²) in [6.07, 6.45) is 0. The first-order valence-electron chi connectivity index (χ1n) is 6.09. The molecule has 0 aliphatic heterocycles. The Labute approximate surface area is 130 Å². The van der Waals surface area contributed by atoms with E-state index in [0.717, 1.165) is 11.1 Å². The first-order chi connectivity index (χ1) is 9.95. The van der Waals surface area contributed by atoms with Crippen LogP contribution in [0, 0.1) is 13.8 Å². The molecule has 110 valence electrons. The van der Waals surface area contributed by atoms with Crippen LogP contribution in [-0.4, -0.2) is 27.8 Å². The van der Waals surface area contributed by atoms with Crippen LogP contribution in [0.1, 0.15) is 21.5 Å². The molecule has 0 saturated heterocycles. The van der Waals surface area contributed by atoms with Gasteiger partial charge in [-0.1, -0.05) is 29.2 Å².